The van der Waals surface area contributed by atoms with Gasteiger partial charge in [0.25, 0.3) is 5.89 Å². The zero-order valence-electron chi connectivity index (χ0n) is 24.8. The van der Waals surface area contributed by atoms with Crippen molar-refractivity contribution in [1.29, 1.82) is 0 Å². The van der Waals surface area contributed by atoms with Crippen LogP contribution >= 0.6 is 11.6 Å². The van der Waals surface area contributed by atoms with Crippen LogP contribution in [0.3, 0.4) is 0 Å². The van der Waals surface area contributed by atoms with Crippen LogP contribution in [0.15, 0.2) is 53.2 Å². The minimum atomic E-state index is -0.856. The normalized spacial score (nSPS) is 16.4. The van der Waals surface area contributed by atoms with Crippen molar-refractivity contribution in [2.24, 2.45) is 0 Å². The molecule has 1 N–H and O–H groups in total. The Morgan fingerprint density at radius 2 is 1.90 bits per heavy atom. The molecule has 0 atom stereocenters. The molecule has 0 bridgehead atoms. The van der Waals surface area contributed by atoms with Gasteiger partial charge in [0, 0.05) is 28.2 Å². The lowest BCUT2D eigenvalue weighted by molar-refractivity contribution is -0.272. The van der Waals surface area contributed by atoms with E-state index >= 15 is 0 Å². The molecule has 10 nitrogen and oxygen atoms in total. The molecule has 0 unspecified atom stereocenters. The Kier molecular flexibility index (Phi) is 8.24. The molecule has 1 aliphatic heterocycles. The highest BCUT2D eigenvalue weighted by Crippen LogP contribution is 2.34. The number of rotatable bonds is 8. The molecule has 1 fully saturated rings. The van der Waals surface area contributed by atoms with Crippen LogP contribution in [-0.2, 0) is 20.8 Å². The molecule has 1 saturated heterocycles. The highest BCUT2D eigenvalue weighted by atomic mass is 35.5. The summed E-state index contributed by atoms with van der Waals surface area (Å²) in [5.41, 5.74) is 0.931. The Bertz CT molecular complexity index is 1560. The van der Waals surface area contributed by atoms with Gasteiger partial charge in [-0.3, -0.25) is 0 Å². The van der Waals surface area contributed by atoms with E-state index in [0.717, 1.165) is 22.9 Å². The van der Waals surface area contributed by atoms with Crippen molar-refractivity contribution in [2.45, 2.75) is 71.4 Å². The lowest BCUT2D eigenvalue weighted by Gasteiger charge is -2.44. The molecule has 11 heteroatoms. The number of aromatic nitrogens is 3. The average Bonchev–Trinajstić information content (AvgIpc) is 3.57. The van der Waals surface area contributed by atoms with Gasteiger partial charge in [-0.15, -0.1) is 0 Å². The summed E-state index contributed by atoms with van der Waals surface area (Å²) in [6.45, 7) is 12.7. The molecule has 5 rings (SSSR count). The Morgan fingerprint density at radius 1 is 1.14 bits per heavy atom. The molecule has 224 valence electrons. The average molecular weight is 597 g/mol. The van der Waals surface area contributed by atoms with Crippen molar-refractivity contribution in [3.63, 3.8) is 0 Å². The maximum atomic E-state index is 12.8. The minimum Gasteiger partial charge on any atom is -0.492 e. The van der Waals surface area contributed by atoms with E-state index in [1.54, 1.807) is 12.1 Å². The molecule has 1 amide bonds. The SMILES string of the molecule is CCCOc1ccc(-c2nc(-c3cccc4c3ccn4CC3(NC(=O)OC(C)(C)C)COC(C)(C)OC3)no2)cc1Cl. The smallest absolute Gasteiger partial charge is 0.408 e. The van der Waals surface area contributed by atoms with Gasteiger partial charge < -0.3 is 33.4 Å². The van der Waals surface area contributed by atoms with Gasteiger partial charge in [0.2, 0.25) is 5.82 Å². The van der Waals surface area contributed by atoms with Gasteiger partial charge in [-0.25, -0.2) is 4.79 Å². The van der Waals surface area contributed by atoms with Crippen molar-refractivity contribution >= 4 is 28.6 Å². The van der Waals surface area contributed by atoms with Gasteiger partial charge in [0.05, 0.1) is 31.4 Å². The molecule has 42 heavy (non-hydrogen) atoms. The fourth-order valence-electron chi connectivity index (χ4n) is 4.73. The molecule has 3 heterocycles. The first-order valence-electron chi connectivity index (χ1n) is 14.0. The lowest BCUT2D eigenvalue weighted by Crippen LogP contribution is -2.63. The summed E-state index contributed by atoms with van der Waals surface area (Å²) in [6.07, 6.45) is 2.32. The van der Waals surface area contributed by atoms with Crippen LogP contribution in [0.4, 0.5) is 4.79 Å². The molecule has 0 radical (unpaired) electrons. The third kappa shape index (κ3) is 6.72. The minimum absolute atomic E-state index is 0.248. The predicted molar refractivity (Wildman–Crippen MR) is 160 cm³/mol. The van der Waals surface area contributed by atoms with Crippen molar-refractivity contribution in [3.05, 3.63) is 53.7 Å². The van der Waals surface area contributed by atoms with Gasteiger partial charge >= 0.3 is 6.09 Å². The monoisotopic (exact) mass is 596 g/mol. The molecule has 4 aromatic rings. The van der Waals surface area contributed by atoms with Gasteiger partial charge in [0.15, 0.2) is 5.79 Å². The first-order valence-corrected chi connectivity index (χ1v) is 14.4. The van der Waals surface area contributed by atoms with E-state index in [1.165, 1.54) is 0 Å². The van der Waals surface area contributed by atoms with Crippen LogP contribution in [0, 0.1) is 0 Å². The number of carbonyl (C=O) groups is 1. The number of benzene rings is 2. The maximum absolute atomic E-state index is 12.8. The largest absolute Gasteiger partial charge is 0.492 e. The summed E-state index contributed by atoms with van der Waals surface area (Å²) in [5, 5.41) is 8.69. The fourth-order valence-corrected chi connectivity index (χ4v) is 4.96. The molecule has 0 saturated carbocycles. The van der Waals surface area contributed by atoms with E-state index in [0.29, 0.717) is 41.2 Å². The molecular formula is C31H37ClN4O6. The van der Waals surface area contributed by atoms with Gasteiger partial charge in [-0.1, -0.05) is 35.8 Å². The topological polar surface area (TPSA) is 110 Å². The highest BCUT2D eigenvalue weighted by molar-refractivity contribution is 6.32. The lowest BCUT2D eigenvalue weighted by atomic mass is 10.00. The van der Waals surface area contributed by atoms with Gasteiger partial charge in [0.1, 0.15) is 16.9 Å². The number of ether oxygens (including phenoxy) is 4. The first-order chi connectivity index (χ1) is 19.9. The first kappa shape index (κ1) is 29.9. The number of hydrogen-bond donors (Lipinski definition) is 1. The van der Waals surface area contributed by atoms with Crippen molar-refractivity contribution in [3.8, 4) is 28.6 Å². The summed E-state index contributed by atoms with van der Waals surface area (Å²) < 4.78 is 30.9. The third-order valence-corrected chi connectivity index (χ3v) is 7.05. The quantitative estimate of drug-likeness (QED) is 0.235. The highest BCUT2D eigenvalue weighted by Gasteiger charge is 2.43. The van der Waals surface area contributed by atoms with E-state index in [9.17, 15) is 4.79 Å². The van der Waals surface area contributed by atoms with E-state index < -0.39 is 23.0 Å². The number of amides is 1. The van der Waals surface area contributed by atoms with Crippen LogP contribution in [-0.4, -0.2) is 57.5 Å². The zero-order chi connectivity index (χ0) is 30.1. The second-order valence-corrected chi connectivity index (χ2v) is 12.4. The van der Waals surface area contributed by atoms with Crippen LogP contribution in [0.2, 0.25) is 5.02 Å². The molecular weight excluding hydrogens is 560 g/mol. The second kappa shape index (κ2) is 11.6. The summed E-state index contributed by atoms with van der Waals surface area (Å²) in [4.78, 5) is 17.5. The van der Waals surface area contributed by atoms with Crippen LogP contribution in [0.5, 0.6) is 5.75 Å². The second-order valence-electron chi connectivity index (χ2n) is 12.0. The zero-order valence-corrected chi connectivity index (χ0v) is 25.6. The molecule has 2 aromatic heterocycles. The number of fused-ring (bicyclic) bond motifs is 1. The molecule has 0 spiro atoms. The molecule has 2 aromatic carbocycles. The summed E-state index contributed by atoms with van der Waals surface area (Å²) in [5.74, 6) is 0.659. The van der Waals surface area contributed by atoms with Crippen LogP contribution in [0.1, 0.15) is 48.0 Å². The Labute approximate surface area is 250 Å². The number of hydrogen-bond acceptors (Lipinski definition) is 8. The van der Waals surface area contributed by atoms with Crippen molar-refractivity contribution in [1.82, 2.24) is 20.0 Å². The summed E-state index contributed by atoms with van der Waals surface area (Å²) in [7, 11) is 0. The maximum Gasteiger partial charge on any atom is 0.408 e. The number of nitrogens with zero attached hydrogens (tertiary/aromatic N) is 3. The van der Waals surface area contributed by atoms with E-state index in [2.05, 4.69) is 20.0 Å². The Balaban J connectivity index is 1.42. The summed E-state index contributed by atoms with van der Waals surface area (Å²) in [6, 6.07) is 13.3. The molecule has 1 aliphatic rings. The fraction of sp³-hybridized carbons (Fsp3) is 0.452. The Hall–Kier alpha value is -3.60. The van der Waals surface area contributed by atoms with Gasteiger partial charge in [-0.05, 0) is 71.4 Å². The summed E-state index contributed by atoms with van der Waals surface area (Å²) >= 11 is 6.42. The Morgan fingerprint density at radius 3 is 2.60 bits per heavy atom. The predicted octanol–water partition coefficient (Wildman–Crippen LogP) is 6.85. The standard InChI is InChI=1S/C31H37ClN4O6/c1-7-15-38-25-12-11-20(16-23(25)32)27-33-26(35-42-27)22-9-8-10-24-21(22)13-14-36(24)17-31(18-39-30(5,6)40-19-31)34-28(37)41-29(2,3)4/h8-14,16H,7,15,17-19H2,1-6H3,(H,34,37). The molecule has 0 aliphatic carbocycles. The number of halogens is 1. The van der Waals surface area contributed by atoms with Crippen molar-refractivity contribution < 1.29 is 28.3 Å². The van der Waals surface area contributed by atoms with E-state index in [4.69, 9.17) is 35.1 Å². The number of alkyl carbamates (subject to hydrolysis) is 1. The third-order valence-electron chi connectivity index (χ3n) is 6.75. The number of carbonyl (C=O) groups excluding carboxylic acids is 1. The van der Waals surface area contributed by atoms with Crippen LogP contribution in [0.25, 0.3) is 33.7 Å². The van der Waals surface area contributed by atoms with Crippen LogP contribution < -0.4 is 10.1 Å². The van der Waals surface area contributed by atoms with Gasteiger partial charge in [-0.2, -0.15) is 4.98 Å². The number of nitrogens with one attached hydrogen (secondary N) is 1. The van der Waals surface area contributed by atoms with Crippen molar-refractivity contribution in [2.75, 3.05) is 19.8 Å². The van der Waals surface area contributed by atoms with E-state index in [-0.39, 0.29) is 13.2 Å². The van der Waals surface area contributed by atoms with E-state index in [1.807, 2.05) is 78.1 Å².